The topological polar surface area (TPSA) is 120 Å². The van der Waals surface area contributed by atoms with Crippen LogP contribution in [0.3, 0.4) is 0 Å². The van der Waals surface area contributed by atoms with Gasteiger partial charge in [-0.1, -0.05) is 30.3 Å². The van der Waals surface area contributed by atoms with Gasteiger partial charge in [0.1, 0.15) is 17.9 Å². The van der Waals surface area contributed by atoms with E-state index in [4.69, 9.17) is 14.6 Å². The zero-order valence-electron chi connectivity index (χ0n) is 15.6. The highest BCUT2D eigenvalue weighted by molar-refractivity contribution is 5.95. The summed E-state index contributed by atoms with van der Waals surface area (Å²) in [6.07, 6.45) is 1.73. The van der Waals surface area contributed by atoms with E-state index in [2.05, 4.69) is 4.98 Å². The van der Waals surface area contributed by atoms with Crippen LogP contribution < -0.4 is 0 Å². The van der Waals surface area contributed by atoms with Gasteiger partial charge in [-0.2, -0.15) is 0 Å². The third-order valence-electron chi connectivity index (χ3n) is 4.99. The number of ether oxygens (including phenoxy) is 1. The summed E-state index contributed by atoms with van der Waals surface area (Å²) in [6.45, 7) is 1.09. The number of piperazine rings is 1. The lowest BCUT2D eigenvalue weighted by Crippen LogP contribution is -2.63. The van der Waals surface area contributed by atoms with Gasteiger partial charge in [-0.3, -0.25) is 14.5 Å². The molecule has 2 aliphatic heterocycles. The summed E-state index contributed by atoms with van der Waals surface area (Å²) in [7, 11) is 0. The summed E-state index contributed by atoms with van der Waals surface area (Å²) in [6, 6.07) is 12.9. The molecule has 3 heterocycles. The van der Waals surface area contributed by atoms with Gasteiger partial charge in [-0.25, -0.2) is 9.78 Å². The van der Waals surface area contributed by atoms with Gasteiger partial charge in [0, 0.05) is 32.3 Å². The number of benzene rings is 1. The smallest absolute Gasteiger partial charge is 0.410 e. The molecular formula is C20H21N3O6. The zero-order valence-corrected chi connectivity index (χ0v) is 15.6. The number of nitrogens with zero attached hydrogens (tertiary/aromatic N) is 3. The molecule has 1 atom stereocenters. The van der Waals surface area contributed by atoms with Crippen molar-refractivity contribution in [3.05, 3.63) is 59.9 Å². The van der Waals surface area contributed by atoms with E-state index in [0.717, 1.165) is 5.56 Å². The SMILES string of the molecule is O=C(c1ncccc1O)N1CCN2C(=O)OCC2(Cc2ccccc2)C1.O=CO. The van der Waals surface area contributed by atoms with Crippen molar-refractivity contribution in [2.45, 2.75) is 12.0 Å². The van der Waals surface area contributed by atoms with Crippen LogP contribution in [0.25, 0.3) is 0 Å². The van der Waals surface area contributed by atoms with E-state index in [1.807, 2.05) is 30.3 Å². The van der Waals surface area contributed by atoms with E-state index in [1.54, 1.807) is 15.9 Å². The van der Waals surface area contributed by atoms with Crippen molar-refractivity contribution in [2.24, 2.45) is 0 Å². The molecular weight excluding hydrogens is 378 g/mol. The van der Waals surface area contributed by atoms with Gasteiger partial charge in [-0.15, -0.1) is 0 Å². The maximum atomic E-state index is 12.8. The van der Waals surface area contributed by atoms with Gasteiger partial charge in [0.25, 0.3) is 12.4 Å². The second-order valence-electron chi connectivity index (χ2n) is 6.80. The third-order valence-corrected chi connectivity index (χ3v) is 4.99. The van der Waals surface area contributed by atoms with Crippen molar-refractivity contribution in [3.63, 3.8) is 0 Å². The quantitative estimate of drug-likeness (QED) is 0.748. The third kappa shape index (κ3) is 4.13. The normalized spacial score (nSPS) is 20.2. The fourth-order valence-corrected chi connectivity index (χ4v) is 3.72. The number of rotatable bonds is 3. The molecule has 1 aromatic heterocycles. The van der Waals surface area contributed by atoms with Gasteiger partial charge in [0.15, 0.2) is 5.69 Å². The molecule has 2 saturated heterocycles. The molecule has 2 aromatic rings. The zero-order chi connectivity index (χ0) is 20.9. The molecule has 2 fully saturated rings. The predicted octanol–water partition coefficient (Wildman–Crippen LogP) is 1.38. The Morgan fingerprint density at radius 1 is 1.21 bits per heavy atom. The lowest BCUT2D eigenvalue weighted by atomic mass is 9.88. The van der Waals surface area contributed by atoms with Crippen LogP contribution in [0.2, 0.25) is 0 Å². The summed E-state index contributed by atoms with van der Waals surface area (Å²) in [4.78, 5) is 40.7. The first-order valence-electron chi connectivity index (χ1n) is 9.00. The molecule has 1 aromatic carbocycles. The summed E-state index contributed by atoms with van der Waals surface area (Å²) < 4.78 is 5.32. The Bertz CT molecular complexity index is 891. The number of aromatic hydroxyl groups is 1. The van der Waals surface area contributed by atoms with Crippen LogP contribution in [-0.2, 0) is 16.0 Å². The number of pyridine rings is 1. The van der Waals surface area contributed by atoms with E-state index >= 15 is 0 Å². The number of carbonyl (C=O) groups is 3. The molecule has 0 radical (unpaired) electrons. The first kappa shape index (κ1) is 20.1. The molecule has 2 aliphatic rings. The number of hydrogen-bond acceptors (Lipinski definition) is 6. The van der Waals surface area contributed by atoms with Crippen molar-refractivity contribution in [3.8, 4) is 5.75 Å². The van der Waals surface area contributed by atoms with Crippen LogP contribution in [0.1, 0.15) is 16.1 Å². The molecule has 1 unspecified atom stereocenters. The van der Waals surface area contributed by atoms with Crippen LogP contribution in [0.4, 0.5) is 4.79 Å². The molecule has 0 aliphatic carbocycles. The van der Waals surface area contributed by atoms with Crippen molar-refractivity contribution in [1.82, 2.24) is 14.8 Å². The van der Waals surface area contributed by atoms with Crippen LogP contribution >= 0.6 is 0 Å². The van der Waals surface area contributed by atoms with Crippen molar-refractivity contribution in [2.75, 3.05) is 26.2 Å². The maximum absolute atomic E-state index is 12.8. The minimum atomic E-state index is -0.600. The van der Waals surface area contributed by atoms with E-state index in [-0.39, 0.29) is 36.5 Å². The Balaban J connectivity index is 0.000000755. The predicted molar refractivity (Wildman–Crippen MR) is 101 cm³/mol. The molecule has 29 heavy (non-hydrogen) atoms. The van der Waals surface area contributed by atoms with Crippen LogP contribution in [0.15, 0.2) is 48.7 Å². The van der Waals surface area contributed by atoms with Crippen molar-refractivity contribution in [1.29, 1.82) is 0 Å². The largest absolute Gasteiger partial charge is 0.505 e. The Morgan fingerprint density at radius 3 is 2.62 bits per heavy atom. The molecule has 0 saturated carbocycles. The van der Waals surface area contributed by atoms with Gasteiger partial charge in [-0.05, 0) is 17.7 Å². The monoisotopic (exact) mass is 399 g/mol. The summed E-state index contributed by atoms with van der Waals surface area (Å²) in [5.41, 5.74) is 0.503. The van der Waals surface area contributed by atoms with E-state index in [9.17, 15) is 14.7 Å². The Labute approximate surface area is 167 Å². The summed E-state index contributed by atoms with van der Waals surface area (Å²) >= 11 is 0. The lowest BCUT2D eigenvalue weighted by Gasteiger charge is -2.44. The Hall–Kier alpha value is -3.62. The van der Waals surface area contributed by atoms with Gasteiger partial charge in [0.2, 0.25) is 0 Å². The Morgan fingerprint density at radius 2 is 1.93 bits per heavy atom. The van der Waals surface area contributed by atoms with Crippen molar-refractivity contribution < 1.29 is 29.3 Å². The highest BCUT2D eigenvalue weighted by Gasteiger charge is 2.51. The van der Waals surface area contributed by atoms with E-state index in [0.29, 0.717) is 26.1 Å². The highest BCUT2D eigenvalue weighted by atomic mass is 16.6. The summed E-state index contributed by atoms with van der Waals surface area (Å²) in [5.74, 6) is -0.481. The molecule has 2 N–H and O–H groups in total. The second kappa shape index (κ2) is 8.59. The first-order valence-corrected chi connectivity index (χ1v) is 9.00. The number of aromatic nitrogens is 1. The van der Waals surface area contributed by atoms with E-state index in [1.165, 1.54) is 12.3 Å². The molecule has 152 valence electrons. The average Bonchev–Trinajstić information content (AvgIpc) is 3.05. The molecule has 2 amide bonds. The second-order valence-corrected chi connectivity index (χ2v) is 6.80. The minimum absolute atomic E-state index is 0.0288. The number of cyclic esters (lactones) is 1. The molecule has 9 heteroatoms. The van der Waals surface area contributed by atoms with Gasteiger partial charge >= 0.3 is 6.09 Å². The highest BCUT2D eigenvalue weighted by Crippen LogP contribution is 2.33. The number of carboxylic acid groups (broad SMARTS) is 1. The number of carbonyl (C=O) groups excluding carboxylic acids is 2. The van der Waals surface area contributed by atoms with E-state index < -0.39 is 5.54 Å². The first-order chi connectivity index (χ1) is 14.0. The molecule has 9 nitrogen and oxygen atoms in total. The molecule has 0 bridgehead atoms. The number of fused-ring (bicyclic) bond motifs is 1. The standard InChI is InChI=1S/C19H19N3O4.CH2O2/c23-15-7-4-8-20-16(15)17(24)21-9-10-22-18(25)26-13-19(22,12-21)11-14-5-2-1-3-6-14;2-1-3/h1-8,23H,9-13H2;1H,(H,2,3). The van der Waals surface area contributed by atoms with Crippen LogP contribution in [-0.4, -0.2) is 75.2 Å². The number of amides is 2. The number of hydrogen-bond donors (Lipinski definition) is 2. The minimum Gasteiger partial charge on any atom is -0.505 e. The molecule has 0 spiro atoms. The molecule has 4 rings (SSSR count). The van der Waals surface area contributed by atoms with Crippen LogP contribution in [0.5, 0.6) is 5.75 Å². The average molecular weight is 399 g/mol. The van der Waals surface area contributed by atoms with Gasteiger partial charge in [0.05, 0.1) is 0 Å². The van der Waals surface area contributed by atoms with Gasteiger partial charge < -0.3 is 19.8 Å². The summed E-state index contributed by atoms with van der Waals surface area (Å²) in [5, 5.41) is 16.8. The Kier molecular flexibility index (Phi) is 5.96. The lowest BCUT2D eigenvalue weighted by molar-refractivity contribution is -0.122. The van der Waals surface area contributed by atoms with Crippen molar-refractivity contribution >= 4 is 18.5 Å². The maximum Gasteiger partial charge on any atom is 0.410 e. The van der Waals surface area contributed by atoms with Crippen LogP contribution in [0, 0.1) is 0 Å². The fourth-order valence-electron chi connectivity index (χ4n) is 3.72. The fraction of sp³-hybridized carbons (Fsp3) is 0.300.